The van der Waals surface area contributed by atoms with Crippen LogP contribution in [0.15, 0.2) is 36.4 Å². The molecule has 0 saturated carbocycles. The second kappa shape index (κ2) is 9.31. The molecule has 0 amide bonds. The third kappa shape index (κ3) is 4.49. The Morgan fingerprint density at radius 2 is 1.56 bits per heavy atom. The number of methoxy groups -OCH3 is 3. The van der Waals surface area contributed by atoms with Gasteiger partial charge in [-0.05, 0) is 48.4 Å². The first-order valence-corrected chi connectivity index (χ1v) is 9.56. The molecule has 0 spiro atoms. The summed E-state index contributed by atoms with van der Waals surface area (Å²) in [4.78, 5) is 2.49. The summed E-state index contributed by atoms with van der Waals surface area (Å²) in [5.74, 6) is 1.94. The van der Waals surface area contributed by atoms with E-state index in [4.69, 9.17) is 25.8 Å². The molecule has 27 heavy (non-hydrogen) atoms. The van der Waals surface area contributed by atoms with E-state index in [0.717, 1.165) is 43.2 Å². The lowest BCUT2D eigenvalue weighted by Gasteiger charge is -2.32. The van der Waals surface area contributed by atoms with Gasteiger partial charge in [-0.25, -0.2) is 0 Å². The zero-order valence-electron chi connectivity index (χ0n) is 16.1. The van der Waals surface area contributed by atoms with Crippen molar-refractivity contribution in [2.75, 3.05) is 47.5 Å². The Morgan fingerprint density at radius 3 is 2.15 bits per heavy atom. The van der Waals surface area contributed by atoms with Crippen LogP contribution in [-0.2, 0) is 0 Å². The predicted molar refractivity (Wildman–Crippen MR) is 108 cm³/mol. The highest BCUT2D eigenvalue weighted by Gasteiger charge is 2.26. The molecule has 2 aromatic carbocycles. The Kier molecular flexibility index (Phi) is 6.83. The van der Waals surface area contributed by atoms with Crippen molar-refractivity contribution in [2.45, 2.75) is 12.5 Å². The van der Waals surface area contributed by atoms with Gasteiger partial charge in [-0.2, -0.15) is 0 Å². The Labute approximate surface area is 166 Å². The molecule has 0 bridgehead atoms. The Hall–Kier alpha value is -1.95. The normalized spacial score (nSPS) is 16.4. The van der Waals surface area contributed by atoms with Gasteiger partial charge in [0.1, 0.15) is 0 Å². The standard InChI is InChI=1S/C21H27ClN2O3/c1-25-18-13-16(14-19(26-2)21(18)27-3)20(15-5-7-17(22)8-6-15)24-11-4-9-23-10-12-24/h5-8,13-14,20,23H,4,9-12H2,1-3H3. The van der Waals surface area contributed by atoms with E-state index in [1.165, 1.54) is 5.56 Å². The van der Waals surface area contributed by atoms with Crippen LogP contribution in [0.1, 0.15) is 23.6 Å². The fourth-order valence-electron chi connectivity index (χ4n) is 3.64. The van der Waals surface area contributed by atoms with Crippen molar-refractivity contribution in [1.82, 2.24) is 10.2 Å². The number of nitrogens with one attached hydrogen (secondary N) is 1. The van der Waals surface area contributed by atoms with E-state index in [-0.39, 0.29) is 6.04 Å². The summed E-state index contributed by atoms with van der Waals surface area (Å²) in [6.07, 6.45) is 1.11. The summed E-state index contributed by atoms with van der Waals surface area (Å²) in [5.41, 5.74) is 2.30. The number of nitrogens with zero attached hydrogens (tertiary/aromatic N) is 1. The minimum atomic E-state index is 0.0795. The van der Waals surface area contributed by atoms with Crippen LogP contribution in [0.4, 0.5) is 0 Å². The molecule has 0 aliphatic carbocycles. The number of halogens is 1. The van der Waals surface area contributed by atoms with E-state index in [9.17, 15) is 0 Å². The SMILES string of the molecule is COc1cc(C(c2ccc(Cl)cc2)N2CCCNCC2)cc(OC)c1OC. The van der Waals surface area contributed by atoms with Gasteiger partial charge in [0.25, 0.3) is 0 Å². The molecule has 1 fully saturated rings. The smallest absolute Gasteiger partial charge is 0.203 e. The van der Waals surface area contributed by atoms with Gasteiger partial charge in [0.15, 0.2) is 11.5 Å². The minimum absolute atomic E-state index is 0.0795. The van der Waals surface area contributed by atoms with Gasteiger partial charge in [0.05, 0.1) is 27.4 Å². The molecular weight excluding hydrogens is 364 g/mol. The lowest BCUT2D eigenvalue weighted by Crippen LogP contribution is -2.33. The number of hydrogen-bond acceptors (Lipinski definition) is 5. The lowest BCUT2D eigenvalue weighted by molar-refractivity contribution is 0.239. The summed E-state index contributed by atoms with van der Waals surface area (Å²) >= 11 is 6.13. The van der Waals surface area contributed by atoms with Crippen LogP contribution >= 0.6 is 11.6 Å². The molecule has 2 aromatic rings. The zero-order valence-corrected chi connectivity index (χ0v) is 16.9. The van der Waals surface area contributed by atoms with E-state index < -0.39 is 0 Å². The van der Waals surface area contributed by atoms with Crippen LogP contribution < -0.4 is 19.5 Å². The summed E-state index contributed by atoms with van der Waals surface area (Å²) in [6, 6.07) is 12.2. The van der Waals surface area contributed by atoms with Crippen LogP contribution in [0.3, 0.4) is 0 Å². The van der Waals surface area contributed by atoms with E-state index in [1.54, 1.807) is 21.3 Å². The van der Waals surface area contributed by atoms with Crippen molar-refractivity contribution >= 4 is 11.6 Å². The number of benzene rings is 2. The molecule has 146 valence electrons. The van der Waals surface area contributed by atoms with E-state index in [0.29, 0.717) is 17.2 Å². The summed E-state index contributed by atoms with van der Waals surface area (Å²) in [7, 11) is 4.92. The summed E-state index contributed by atoms with van der Waals surface area (Å²) in [5, 5.41) is 4.21. The maximum atomic E-state index is 6.13. The molecule has 1 N–H and O–H groups in total. The molecule has 1 atom stereocenters. The van der Waals surface area contributed by atoms with Crippen LogP contribution in [0.2, 0.25) is 5.02 Å². The first-order valence-electron chi connectivity index (χ1n) is 9.18. The first-order chi connectivity index (χ1) is 13.2. The van der Waals surface area contributed by atoms with E-state index in [2.05, 4.69) is 22.3 Å². The molecule has 1 heterocycles. The minimum Gasteiger partial charge on any atom is -0.493 e. The highest BCUT2D eigenvalue weighted by Crippen LogP contribution is 2.42. The molecule has 6 heteroatoms. The third-order valence-corrected chi connectivity index (χ3v) is 5.18. The molecule has 0 radical (unpaired) electrons. The monoisotopic (exact) mass is 390 g/mol. The van der Waals surface area contributed by atoms with Gasteiger partial charge in [-0.15, -0.1) is 0 Å². The summed E-state index contributed by atoms with van der Waals surface area (Å²) in [6.45, 7) is 3.98. The van der Waals surface area contributed by atoms with Gasteiger partial charge in [0.2, 0.25) is 5.75 Å². The largest absolute Gasteiger partial charge is 0.493 e. The molecule has 5 nitrogen and oxygen atoms in total. The quantitative estimate of drug-likeness (QED) is 0.813. The van der Waals surface area contributed by atoms with Crippen molar-refractivity contribution in [3.63, 3.8) is 0 Å². The van der Waals surface area contributed by atoms with Crippen LogP contribution in [0.25, 0.3) is 0 Å². The second-order valence-corrected chi connectivity index (χ2v) is 6.99. The van der Waals surface area contributed by atoms with E-state index >= 15 is 0 Å². The molecule has 1 aliphatic heterocycles. The van der Waals surface area contributed by atoms with Gasteiger partial charge < -0.3 is 19.5 Å². The Morgan fingerprint density at radius 1 is 0.889 bits per heavy atom. The lowest BCUT2D eigenvalue weighted by atomic mass is 9.96. The number of ether oxygens (including phenoxy) is 3. The fraction of sp³-hybridized carbons (Fsp3) is 0.429. The third-order valence-electron chi connectivity index (χ3n) is 4.93. The van der Waals surface area contributed by atoms with Crippen molar-refractivity contribution in [1.29, 1.82) is 0 Å². The molecule has 1 unspecified atom stereocenters. The maximum absolute atomic E-state index is 6.13. The van der Waals surface area contributed by atoms with Gasteiger partial charge in [-0.3, -0.25) is 4.90 Å². The number of rotatable bonds is 6. The maximum Gasteiger partial charge on any atom is 0.203 e. The topological polar surface area (TPSA) is 43.0 Å². The van der Waals surface area contributed by atoms with Crippen molar-refractivity contribution in [2.24, 2.45) is 0 Å². The molecule has 1 aliphatic rings. The Bertz CT molecular complexity index is 719. The van der Waals surface area contributed by atoms with Gasteiger partial charge >= 0.3 is 0 Å². The van der Waals surface area contributed by atoms with Crippen molar-refractivity contribution < 1.29 is 14.2 Å². The zero-order chi connectivity index (χ0) is 19.2. The highest BCUT2D eigenvalue weighted by atomic mass is 35.5. The van der Waals surface area contributed by atoms with Crippen molar-refractivity contribution in [3.8, 4) is 17.2 Å². The average molecular weight is 391 g/mol. The van der Waals surface area contributed by atoms with Gasteiger partial charge in [-0.1, -0.05) is 23.7 Å². The Balaban J connectivity index is 2.10. The molecule has 1 saturated heterocycles. The van der Waals surface area contributed by atoms with Crippen molar-refractivity contribution in [3.05, 3.63) is 52.5 Å². The molecule has 3 rings (SSSR count). The van der Waals surface area contributed by atoms with Crippen LogP contribution in [0.5, 0.6) is 17.2 Å². The van der Waals surface area contributed by atoms with E-state index in [1.807, 2.05) is 24.3 Å². The average Bonchev–Trinajstić information content (AvgIpc) is 2.98. The first kappa shape index (κ1) is 19.8. The molecular formula is C21H27ClN2O3. The highest BCUT2D eigenvalue weighted by molar-refractivity contribution is 6.30. The molecule has 0 aromatic heterocycles. The summed E-state index contributed by atoms with van der Waals surface area (Å²) < 4.78 is 16.6. The van der Waals surface area contributed by atoms with Gasteiger partial charge in [0, 0.05) is 24.7 Å². The van der Waals surface area contributed by atoms with Crippen LogP contribution in [0, 0.1) is 0 Å². The fourth-order valence-corrected chi connectivity index (χ4v) is 3.77. The predicted octanol–water partition coefficient (Wildman–Crippen LogP) is 3.75. The van der Waals surface area contributed by atoms with Crippen LogP contribution in [-0.4, -0.2) is 52.4 Å². The second-order valence-electron chi connectivity index (χ2n) is 6.55. The number of hydrogen-bond donors (Lipinski definition) is 1.